The van der Waals surface area contributed by atoms with Crippen LogP contribution < -0.4 is 5.73 Å². The molecule has 0 radical (unpaired) electrons. The highest BCUT2D eigenvalue weighted by molar-refractivity contribution is 9.10. The van der Waals surface area contributed by atoms with Crippen molar-refractivity contribution in [3.05, 3.63) is 28.4 Å². The number of ketones is 1. The van der Waals surface area contributed by atoms with Crippen molar-refractivity contribution >= 4 is 32.7 Å². The number of carbonyl (C=O) groups is 1. The average Bonchev–Trinajstić information content (AvgIpc) is 2.59. The fourth-order valence-electron chi connectivity index (χ4n) is 1.21. The molecule has 0 unspecified atom stereocenters. The number of hydrogen-bond donors (Lipinski definition) is 1. The number of aromatic nitrogens is 1. The van der Waals surface area contributed by atoms with Crippen LogP contribution in [0.2, 0.25) is 0 Å². The van der Waals surface area contributed by atoms with E-state index in [2.05, 4.69) is 21.1 Å². The van der Waals surface area contributed by atoms with E-state index in [0.29, 0.717) is 16.7 Å². The number of nitrogens with two attached hydrogens (primary N) is 1. The fourth-order valence-corrected chi connectivity index (χ4v) is 1.57. The van der Waals surface area contributed by atoms with Gasteiger partial charge in [-0.3, -0.25) is 4.79 Å². The number of rotatable bonds is 2. The Kier molecular flexibility index (Phi) is 2.35. The molecule has 0 bridgehead atoms. The summed E-state index contributed by atoms with van der Waals surface area (Å²) in [5.74, 6) is -0.221. The maximum absolute atomic E-state index is 11.3. The molecule has 14 heavy (non-hydrogen) atoms. The Morgan fingerprint density at radius 2 is 2.36 bits per heavy atom. The van der Waals surface area contributed by atoms with Crippen molar-refractivity contribution in [2.24, 2.45) is 5.73 Å². The summed E-state index contributed by atoms with van der Waals surface area (Å²) in [6.07, 6.45) is 0. The van der Waals surface area contributed by atoms with Crippen molar-refractivity contribution in [2.75, 3.05) is 6.54 Å². The van der Waals surface area contributed by atoms with Crippen molar-refractivity contribution in [1.29, 1.82) is 0 Å². The van der Waals surface area contributed by atoms with Crippen molar-refractivity contribution in [1.82, 2.24) is 5.16 Å². The predicted octanol–water partition coefficient (Wildman–Crippen LogP) is 1.73. The topological polar surface area (TPSA) is 69.1 Å². The Hall–Kier alpha value is -1.20. The van der Waals surface area contributed by atoms with Crippen LogP contribution in [0.25, 0.3) is 11.0 Å². The highest BCUT2D eigenvalue weighted by Crippen LogP contribution is 2.22. The van der Waals surface area contributed by atoms with Crippen LogP contribution in [0.3, 0.4) is 0 Å². The van der Waals surface area contributed by atoms with Crippen LogP contribution in [-0.2, 0) is 0 Å². The first-order valence-corrected chi connectivity index (χ1v) is 4.80. The fraction of sp³-hybridized carbons (Fsp3) is 0.111. The Labute approximate surface area is 88.2 Å². The van der Waals surface area contributed by atoms with E-state index in [1.54, 1.807) is 12.1 Å². The Morgan fingerprint density at radius 3 is 3.07 bits per heavy atom. The van der Waals surface area contributed by atoms with Crippen LogP contribution in [-0.4, -0.2) is 17.5 Å². The molecule has 0 aliphatic carbocycles. The second-order valence-electron chi connectivity index (χ2n) is 2.80. The van der Waals surface area contributed by atoms with Gasteiger partial charge in [-0.05, 0) is 18.2 Å². The number of nitrogens with zero attached hydrogens (tertiary/aromatic N) is 1. The van der Waals surface area contributed by atoms with Gasteiger partial charge in [0, 0.05) is 4.47 Å². The minimum Gasteiger partial charge on any atom is -0.356 e. The summed E-state index contributed by atoms with van der Waals surface area (Å²) in [5, 5.41) is 4.37. The third kappa shape index (κ3) is 1.44. The SMILES string of the molecule is NCC(=O)c1noc2ccc(Br)cc12. The van der Waals surface area contributed by atoms with E-state index in [-0.39, 0.29) is 12.3 Å². The summed E-state index contributed by atoms with van der Waals surface area (Å²) in [6.45, 7) is -0.0614. The normalized spacial score (nSPS) is 10.7. The van der Waals surface area contributed by atoms with Crippen molar-refractivity contribution < 1.29 is 9.32 Å². The summed E-state index contributed by atoms with van der Waals surface area (Å²) in [5.41, 5.74) is 6.13. The van der Waals surface area contributed by atoms with Crippen LogP contribution in [0.5, 0.6) is 0 Å². The van der Waals surface area contributed by atoms with E-state index >= 15 is 0 Å². The second-order valence-corrected chi connectivity index (χ2v) is 3.71. The van der Waals surface area contributed by atoms with Gasteiger partial charge in [0.05, 0.1) is 11.9 Å². The first kappa shape index (κ1) is 9.36. The molecule has 0 fully saturated rings. The molecule has 0 aliphatic heterocycles. The largest absolute Gasteiger partial charge is 0.356 e. The highest BCUT2D eigenvalue weighted by atomic mass is 79.9. The minimum absolute atomic E-state index is 0.0614. The molecule has 0 spiro atoms. The lowest BCUT2D eigenvalue weighted by molar-refractivity contribution is 0.0994. The average molecular weight is 255 g/mol. The number of benzene rings is 1. The minimum atomic E-state index is -0.221. The first-order valence-electron chi connectivity index (χ1n) is 4.00. The van der Waals surface area contributed by atoms with Gasteiger partial charge in [-0.2, -0.15) is 0 Å². The van der Waals surface area contributed by atoms with Crippen molar-refractivity contribution in [3.63, 3.8) is 0 Å². The molecule has 0 saturated heterocycles. The third-order valence-corrected chi connectivity index (χ3v) is 2.37. The smallest absolute Gasteiger partial charge is 0.198 e. The van der Waals surface area contributed by atoms with E-state index in [9.17, 15) is 4.79 Å². The molecule has 0 saturated carbocycles. The predicted molar refractivity (Wildman–Crippen MR) is 55.1 cm³/mol. The molecule has 0 amide bonds. The molecule has 2 N–H and O–H groups in total. The van der Waals surface area contributed by atoms with Gasteiger partial charge in [-0.15, -0.1) is 0 Å². The van der Waals surface area contributed by atoms with Gasteiger partial charge in [-0.1, -0.05) is 21.1 Å². The van der Waals surface area contributed by atoms with Gasteiger partial charge in [0.15, 0.2) is 17.1 Å². The molecule has 2 rings (SSSR count). The van der Waals surface area contributed by atoms with Crippen molar-refractivity contribution in [3.8, 4) is 0 Å². The van der Waals surface area contributed by atoms with Crippen LogP contribution in [0.15, 0.2) is 27.2 Å². The zero-order valence-corrected chi connectivity index (χ0v) is 8.74. The number of halogens is 1. The van der Waals surface area contributed by atoms with E-state index in [0.717, 1.165) is 4.47 Å². The first-order chi connectivity index (χ1) is 6.72. The standard InChI is InChI=1S/C9H7BrN2O2/c10-5-1-2-8-6(3-5)9(12-14-8)7(13)4-11/h1-3H,4,11H2. The zero-order valence-electron chi connectivity index (χ0n) is 7.16. The quantitative estimate of drug-likeness (QED) is 0.829. The summed E-state index contributed by atoms with van der Waals surface area (Å²) in [6, 6.07) is 5.36. The molecule has 1 aromatic carbocycles. The molecule has 1 heterocycles. The molecule has 5 heteroatoms. The third-order valence-electron chi connectivity index (χ3n) is 1.88. The van der Waals surface area contributed by atoms with Gasteiger partial charge in [0.1, 0.15) is 0 Å². The Balaban J connectivity index is 2.67. The van der Waals surface area contributed by atoms with Crippen LogP contribution >= 0.6 is 15.9 Å². The lowest BCUT2D eigenvalue weighted by Gasteiger charge is -1.92. The van der Waals surface area contributed by atoms with Gasteiger partial charge in [-0.25, -0.2) is 0 Å². The summed E-state index contributed by atoms with van der Waals surface area (Å²) >= 11 is 3.31. The monoisotopic (exact) mass is 254 g/mol. The van der Waals surface area contributed by atoms with Gasteiger partial charge < -0.3 is 10.3 Å². The molecular formula is C9H7BrN2O2. The van der Waals surface area contributed by atoms with Crippen LogP contribution in [0, 0.1) is 0 Å². The lowest BCUT2D eigenvalue weighted by Crippen LogP contribution is -2.13. The number of Topliss-reactive ketones (excluding diaryl/α,β-unsaturated/α-hetero) is 1. The molecule has 2 aromatic rings. The van der Waals surface area contributed by atoms with E-state index in [1.807, 2.05) is 6.07 Å². The lowest BCUT2D eigenvalue weighted by atomic mass is 10.1. The summed E-state index contributed by atoms with van der Waals surface area (Å²) < 4.78 is 5.85. The second kappa shape index (κ2) is 3.51. The number of hydrogen-bond acceptors (Lipinski definition) is 4. The maximum atomic E-state index is 11.3. The van der Waals surface area contributed by atoms with E-state index in [4.69, 9.17) is 10.3 Å². The highest BCUT2D eigenvalue weighted by Gasteiger charge is 2.14. The molecule has 4 nitrogen and oxygen atoms in total. The Morgan fingerprint density at radius 1 is 1.57 bits per heavy atom. The number of fused-ring (bicyclic) bond motifs is 1. The van der Waals surface area contributed by atoms with E-state index in [1.165, 1.54) is 0 Å². The van der Waals surface area contributed by atoms with Crippen LogP contribution in [0.1, 0.15) is 10.5 Å². The Bertz CT molecular complexity index is 493. The zero-order chi connectivity index (χ0) is 10.1. The number of carbonyl (C=O) groups excluding carboxylic acids is 1. The summed E-state index contributed by atoms with van der Waals surface area (Å²) in [7, 11) is 0. The molecule has 0 aliphatic rings. The molecule has 72 valence electrons. The summed E-state index contributed by atoms with van der Waals surface area (Å²) in [4.78, 5) is 11.3. The molecule has 1 aromatic heterocycles. The van der Waals surface area contributed by atoms with Gasteiger partial charge in [0.25, 0.3) is 0 Å². The van der Waals surface area contributed by atoms with E-state index < -0.39 is 0 Å². The molecule has 0 atom stereocenters. The van der Waals surface area contributed by atoms with Crippen molar-refractivity contribution in [2.45, 2.75) is 0 Å². The van der Waals surface area contributed by atoms with Gasteiger partial charge >= 0.3 is 0 Å². The van der Waals surface area contributed by atoms with Gasteiger partial charge in [0.2, 0.25) is 0 Å². The van der Waals surface area contributed by atoms with Crippen LogP contribution in [0.4, 0.5) is 0 Å². The molecular weight excluding hydrogens is 248 g/mol. The maximum Gasteiger partial charge on any atom is 0.198 e.